The molecule has 0 unspecified atom stereocenters. The Bertz CT molecular complexity index is 1150. The van der Waals surface area contributed by atoms with Crippen LogP contribution in [0.4, 0.5) is 5.13 Å². The van der Waals surface area contributed by atoms with Gasteiger partial charge in [-0.2, -0.15) is 0 Å². The van der Waals surface area contributed by atoms with Crippen molar-refractivity contribution in [2.24, 2.45) is 0 Å². The molecule has 0 bridgehead atoms. The normalized spacial score (nSPS) is 14.6. The summed E-state index contributed by atoms with van der Waals surface area (Å²) in [7, 11) is 0. The van der Waals surface area contributed by atoms with Gasteiger partial charge in [0.1, 0.15) is 4.88 Å². The summed E-state index contributed by atoms with van der Waals surface area (Å²) in [6.45, 7) is 3.08. The van der Waals surface area contributed by atoms with E-state index in [0.717, 1.165) is 30.9 Å². The second-order valence-corrected chi connectivity index (χ2v) is 9.33. The smallest absolute Gasteiger partial charge is 0.269 e. The molecule has 0 saturated carbocycles. The number of hydrogen-bond donors (Lipinski definition) is 1. The quantitative estimate of drug-likeness (QED) is 0.404. The molecule has 3 aromatic heterocycles. The van der Waals surface area contributed by atoms with Crippen LogP contribution in [-0.4, -0.2) is 33.9 Å². The first-order valence-corrected chi connectivity index (χ1v) is 12.0. The molecule has 0 radical (unpaired) electrons. The first-order chi connectivity index (χ1) is 15.3. The number of nitrogens with zero attached hydrogens (tertiary/aromatic N) is 3. The van der Waals surface area contributed by atoms with Crippen molar-refractivity contribution in [3.63, 3.8) is 0 Å². The van der Waals surface area contributed by atoms with Gasteiger partial charge in [-0.05, 0) is 38.1 Å². The summed E-state index contributed by atoms with van der Waals surface area (Å²) in [6, 6.07) is 13.4. The lowest BCUT2D eigenvalue weighted by molar-refractivity contribution is 0.103. The Balaban J connectivity index is 1.37. The van der Waals surface area contributed by atoms with Gasteiger partial charge in [-0.1, -0.05) is 36.8 Å². The fourth-order valence-electron chi connectivity index (χ4n) is 3.71. The molecule has 1 fully saturated rings. The molecule has 1 amide bonds. The number of aromatic nitrogens is 2. The second kappa shape index (κ2) is 9.13. The molecule has 8 heteroatoms. The Hall–Kier alpha value is -2.81. The van der Waals surface area contributed by atoms with E-state index >= 15 is 0 Å². The van der Waals surface area contributed by atoms with Gasteiger partial charge in [-0.15, -0.1) is 22.7 Å². The number of hydrogen-bond acceptors (Lipinski definition) is 7. The average Bonchev–Trinajstić information content (AvgIpc) is 3.56. The van der Waals surface area contributed by atoms with E-state index in [0.29, 0.717) is 26.5 Å². The van der Waals surface area contributed by atoms with E-state index in [2.05, 4.69) is 15.2 Å². The van der Waals surface area contributed by atoms with Gasteiger partial charge in [0.05, 0.1) is 17.7 Å². The van der Waals surface area contributed by atoms with Crippen molar-refractivity contribution >= 4 is 33.7 Å². The van der Waals surface area contributed by atoms with Gasteiger partial charge in [0.2, 0.25) is 0 Å². The van der Waals surface area contributed by atoms with Crippen molar-refractivity contribution in [3.8, 4) is 22.0 Å². The molecule has 1 aliphatic heterocycles. The van der Waals surface area contributed by atoms with Crippen LogP contribution in [0.1, 0.15) is 34.6 Å². The third-order valence-corrected chi connectivity index (χ3v) is 7.09. The molecule has 4 heterocycles. The van der Waals surface area contributed by atoms with Crippen LogP contribution in [-0.2, 0) is 6.54 Å². The molecule has 0 aliphatic carbocycles. The maximum Gasteiger partial charge on any atom is 0.269 e. The number of thiazole rings is 2. The van der Waals surface area contributed by atoms with Gasteiger partial charge in [-0.3, -0.25) is 15.0 Å². The Labute approximate surface area is 188 Å². The fraction of sp³-hybridized carbons (Fsp3) is 0.261. The number of carbonyl (C=O) groups excluding carboxylic acids is 1. The van der Waals surface area contributed by atoms with Gasteiger partial charge in [-0.25, -0.2) is 9.97 Å². The minimum absolute atomic E-state index is 0.201. The van der Waals surface area contributed by atoms with Crippen LogP contribution >= 0.6 is 22.7 Å². The van der Waals surface area contributed by atoms with Crippen LogP contribution in [0, 0.1) is 0 Å². The Morgan fingerprint density at radius 2 is 1.90 bits per heavy atom. The molecule has 1 aliphatic rings. The summed E-state index contributed by atoms with van der Waals surface area (Å²) >= 11 is 2.79. The maximum atomic E-state index is 13.2. The van der Waals surface area contributed by atoms with Gasteiger partial charge in [0.15, 0.2) is 15.9 Å². The second-order valence-electron chi connectivity index (χ2n) is 7.48. The molecule has 1 N–H and O–H groups in total. The summed E-state index contributed by atoms with van der Waals surface area (Å²) < 4.78 is 5.50. The van der Waals surface area contributed by atoms with E-state index in [1.54, 1.807) is 6.26 Å². The maximum absolute atomic E-state index is 13.2. The Morgan fingerprint density at radius 3 is 2.68 bits per heavy atom. The molecule has 31 heavy (non-hydrogen) atoms. The van der Waals surface area contributed by atoms with Crippen LogP contribution in [0.5, 0.6) is 0 Å². The van der Waals surface area contributed by atoms with Crippen LogP contribution in [0.3, 0.4) is 0 Å². The highest BCUT2D eigenvalue weighted by atomic mass is 32.1. The standard InChI is InChI=1S/C23H22N4O2S2/c28-21(26-23-24-17(15-30-23)14-27-11-5-2-6-12-27)20-19(16-8-3-1-4-9-16)25-22(31-20)18-10-7-13-29-18/h1,3-4,7-10,13,15H,2,5-6,11-12,14H2,(H,24,26,28). The lowest BCUT2D eigenvalue weighted by Crippen LogP contribution is -2.29. The summed E-state index contributed by atoms with van der Waals surface area (Å²) in [6.07, 6.45) is 5.42. The highest BCUT2D eigenvalue weighted by Gasteiger charge is 2.22. The SMILES string of the molecule is O=C(Nc1nc(CN2CCCCC2)cs1)c1sc(-c2ccco2)nc1-c1ccccc1. The number of carbonyl (C=O) groups is 1. The zero-order valence-corrected chi connectivity index (χ0v) is 18.5. The van der Waals surface area contributed by atoms with Crippen LogP contribution in [0.25, 0.3) is 22.0 Å². The van der Waals surface area contributed by atoms with Crippen molar-refractivity contribution in [3.05, 3.63) is 64.7 Å². The average molecular weight is 451 g/mol. The summed E-state index contributed by atoms with van der Waals surface area (Å²) in [5.74, 6) is 0.451. The van der Waals surface area contributed by atoms with Gasteiger partial charge < -0.3 is 4.42 Å². The molecule has 1 saturated heterocycles. The molecule has 6 nitrogen and oxygen atoms in total. The van der Waals surface area contributed by atoms with Crippen LogP contribution in [0.2, 0.25) is 0 Å². The Morgan fingerprint density at radius 1 is 1.06 bits per heavy atom. The molecule has 4 aromatic rings. The topological polar surface area (TPSA) is 71.3 Å². The van der Waals surface area contributed by atoms with Gasteiger partial charge in [0, 0.05) is 17.5 Å². The molecule has 0 spiro atoms. The molecular weight excluding hydrogens is 428 g/mol. The van der Waals surface area contributed by atoms with E-state index in [1.165, 1.54) is 41.9 Å². The zero-order chi connectivity index (χ0) is 21.0. The highest BCUT2D eigenvalue weighted by molar-refractivity contribution is 7.17. The lowest BCUT2D eigenvalue weighted by Gasteiger charge is -2.25. The summed E-state index contributed by atoms with van der Waals surface area (Å²) in [5.41, 5.74) is 2.55. The highest BCUT2D eigenvalue weighted by Crippen LogP contribution is 2.34. The summed E-state index contributed by atoms with van der Waals surface area (Å²) in [5, 5.41) is 6.30. The lowest BCUT2D eigenvalue weighted by atomic mass is 10.1. The van der Waals surface area contributed by atoms with E-state index in [9.17, 15) is 4.79 Å². The number of furan rings is 1. The van der Waals surface area contributed by atoms with E-state index in [4.69, 9.17) is 9.40 Å². The first kappa shape index (κ1) is 20.1. The summed E-state index contributed by atoms with van der Waals surface area (Å²) in [4.78, 5) is 25.5. The molecule has 0 atom stereocenters. The predicted molar refractivity (Wildman–Crippen MR) is 124 cm³/mol. The third kappa shape index (κ3) is 4.61. The van der Waals surface area contributed by atoms with E-state index in [1.807, 2.05) is 47.8 Å². The number of benzene rings is 1. The van der Waals surface area contributed by atoms with E-state index in [-0.39, 0.29) is 5.91 Å². The molecular formula is C23H22N4O2S2. The zero-order valence-electron chi connectivity index (χ0n) is 16.9. The van der Waals surface area contributed by atoms with Gasteiger partial charge >= 0.3 is 0 Å². The van der Waals surface area contributed by atoms with Crippen LogP contribution < -0.4 is 5.32 Å². The number of nitrogens with one attached hydrogen (secondary N) is 1. The largest absolute Gasteiger partial charge is 0.462 e. The third-order valence-electron chi connectivity index (χ3n) is 5.22. The number of likely N-dealkylation sites (tertiary alicyclic amines) is 1. The number of rotatable bonds is 6. The monoisotopic (exact) mass is 450 g/mol. The van der Waals surface area contributed by atoms with Gasteiger partial charge in [0.25, 0.3) is 5.91 Å². The van der Waals surface area contributed by atoms with Crippen molar-refractivity contribution in [2.75, 3.05) is 18.4 Å². The predicted octanol–water partition coefficient (Wildman–Crippen LogP) is 5.76. The number of amides is 1. The van der Waals surface area contributed by atoms with Crippen molar-refractivity contribution in [1.82, 2.24) is 14.9 Å². The van der Waals surface area contributed by atoms with Crippen molar-refractivity contribution in [2.45, 2.75) is 25.8 Å². The first-order valence-electron chi connectivity index (χ1n) is 10.3. The Kier molecular flexibility index (Phi) is 5.93. The van der Waals surface area contributed by atoms with Crippen molar-refractivity contribution in [1.29, 1.82) is 0 Å². The van der Waals surface area contributed by atoms with Crippen molar-refractivity contribution < 1.29 is 9.21 Å². The van der Waals surface area contributed by atoms with E-state index < -0.39 is 0 Å². The molecule has 158 valence electrons. The minimum atomic E-state index is -0.201. The fourth-order valence-corrected chi connectivity index (χ4v) is 5.36. The minimum Gasteiger partial charge on any atom is -0.462 e. The van der Waals surface area contributed by atoms with Crippen LogP contribution in [0.15, 0.2) is 58.5 Å². The number of anilines is 1. The number of piperidine rings is 1. The molecule has 5 rings (SSSR count). The molecule has 1 aromatic carbocycles.